The minimum absolute atomic E-state index is 0.0828. The summed E-state index contributed by atoms with van der Waals surface area (Å²) in [5.41, 5.74) is 6.79. The highest BCUT2D eigenvalue weighted by molar-refractivity contribution is 5.37. The first-order valence-corrected chi connectivity index (χ1v) is 6.08. The molecule has 0 aliphatic rings. The number of benzene rings is 2. The van der Waals surface area contributed by atoms with Gasteiger partial charge in [-0.25, -0.2) is 8.78 Å². The third-order valence-electron chi connectivity index (χ3n) is 2.82. The highest BCUT2D eigenvalue weighted by Gasteiger charge is 2.13. The van der Waals surface area contributed by atoms with Gasteiger partial charge in [-0.05, 0) is 41.8 Å². The minimum Gasteiger partial charge on any atom is -0.451 e. The van der Waals surface area contributed by atoms with Gasteiger partial charge >= 0.3 is 0 Å². The van der Waals surface area contributed by atoms with Crippen LogP contribution in [0.25, 0.3) is 0 Å². The van der Waals surface area contributed by atoms with Crippen molar-refractivity contribution in [3.8, 4) is 11.5 Å². The lowest BCUT2D eigenvalue weighted by Gasteiger charge is -2.10. The number of hydrogen-bond acceptors (Lipinski definition) is 2. The molecular weight excluding hydrogens is 248 g/mol. The van der Waals surface area contributed by atoms with E-state index in [9.17, 15) is 8.78 Å². The molecule has 2 N–H and O–H groups in total. The Morgan fingerprint density at radius 1 is 1.05 bits per heavy atom. The molecule has 0 spiro atoms. The van der Waals surface area contributed by atoms with E-state index in [1.54, 1.807) is 18.2 Å². The van der Waals surface area contributed by atoms with Gasteiger partial charge in [0, 0.05) is 6.54 Å². The number of aryl methyl sites for hydroxylation is 1. The number of ether oxygens (including phenoxy) is 1. The number of hydrogen-bond donors (Lipinski definition) is 1. The molecule has 100 valence electrons. The molecule has 0 unspecified atom stereocenters. The molecule has 0 atom stereocenters. The molecule has 0 aromatic heterocycles. The summed E-state index contributed by atoms with van der Waals surface area (Å²) in [6.45, 7) is 2.08. The molecule has 0 radical (unpaired) electrons. The number of halogens is 2. The zero-order chi connectivity index (χ0) is 13.8. The van der Waals surface area contributed by atoms with Crippen molar-refractivity contribution in [2.75, 3.05) is 0 Å². The fourth-order valence-corrected chi connectivity index (χ4v) is 1.77. The second-order valence-electron chi connectivity index (χ2n) is 4.20. The third kappa shape index (κ3) is 3.09. The Hall–Kier alpha value is -1.94. The van der Waals surface area contributed by atoms with Crippen LogP contribution in [0.4, 0.5) is 8.78 Å². The topological polar surface area (TPSA) is 35.2 Å². The highest BCUT2D eigenvalue weighted by atomic mass is 19.1. The Morgan fingerprint density at radius 2 is 1.74 bits per heavy atom. The van der Waals surface area contributed by atoms with Gasteiger partial charge in [-0.2, -0.15) is 0 Å². The van der Waals surface area contributed by atoms with Gasteiger partial charge in [-0.3, -0.25) is 0 Å². The summed E-state index contributed by atoms with van der Waals surface area (Å²) < 4.78 is 32.8. The molecule has 2 nitrogen and oxygen atoms in total. The molecular formula is C15H15F2NO. The normalized spacial score (nSPS) is 10.5. The Kier molecular flexibility index (Phi) is 4.12. The molecule has 0 heterocycles. The van der Waals surface area contributed by atoms with E-state index in [-0.39, 0.29) is 6.54 Å². The summed E-state index contributed by atoms with van der Waals surface area (Å²) in [5, 5.41) is 0. The van der Waals surface area contributed by atoms with E-state index < -0.39 is 17.4 Å². The Labute approximate surface area is 110 Å². The average Bonchev–Trinajstić information content (AvgIpc) is 2.42. The van der Waals surface area contributed by atoms with E-state index >= 15 is 0 Å². The number of rotatable bonds is 4. The first-order chi connectivity index (χ1) is 9.13. The maximum absolute atomic E-state index is 13.7. The van der Waals surface area contributed by atoms with Crippen LogP contribution in [0, 0.1) is 11.6 Å². The summed E-state index contributed by atoms with van der Waals surface area (Å²) in [5.74, 6) is -1.48. The molecule has 0 saturated carbocycles. The standard InChI is InChI=1S/C15H15F2NO/c1-2-10-4-3-5-12(6-10)19-15-13(16)7-11(9-18)8-14(15)17/h3-8H,2,9,18H2,1H3. The van der Waals surface area contributed by atoms with Crippen molar-refractivity contribution in [1.82, 2.24) is 0 Å². The van der Waals surface area contributed by atoms with Crippen LogP contribution in [0.1, 0.15) is 18.1 Å². The molecule has 2 aromatic carbocycles. The van der Waals surface area contributed by atoms with Crippen LogP contribution in [0.2, 0.25) is 0 Å². The van der Waals surface area contributed by atoms with Crippen LogP contribution in [-0.4, -0.2) is 0 Å². The van der Waals surface area contributed by atoms with Crippen molar-refractivity contribution in [2.45, 2.75) is 19.9 Å². The van der Waals surface area contributed by atoms with Crippen LogP contribution in [0.5, 0.6) is 11.5 Å². The Morgan fingerprint density at radius 3 is 2.32 bits per heavy atom. The van der Waals surface area contributed by atoms with Crippen molar-refractivity contribution in [3.05, 3.63) is 59.2 Å². The maximum Gasteiger partial charge on any atom is 0.198 e. The van der Waals surface area contributed by atoms with E-state index in [2.05, 4.69) is 0 Å². The van der Waals surface area contributed by atoms with Crippen LogP contribution in [0.3, 0.4) is 0 Å². The van der Waals surface area contributed by atoms with Crippen molar-refractivity contribution in [2.24, 2.45) is 5.73 Å². The Balaban J connectivity index is 2.32. The Bertz CT molecular complexity index is 561. The van der Waals surface area contributed by atoms with E-state index in [1.165, 1.54) is 12.1 Å². The zero-order valence-electron chi connectivity index (χ0n) is 10.6. The van der Waals surface area contributed by atoms with Crippen molar-refractivity contribution in [3.63, 3.8) is 0 Å². The molecule has 2 aromatic rings. The van der Waals surface area contributed by atoms with E-state index in [4.69, 9.17) is 10.5 Å². The molecule has 19 heavy (non-hydrogen) atoms. The van der Waals surface area contributed by atoms with Crippen LogP contribution < -0.4 is 10.5 Å². The predicted molar refractivity (Wildman–Crippen MR) is 70.1 cm³/mol. The molecule has 2 rings (SSSR count). The minimum atomic E-state index is -0.748. The molecule has 0 bridgehead atoms. The quantitative estimate of drug-likeness (QED) is 0.911. The van der Waals surface area contributed by atoms with Gasteiger partial charge in [0.25, 0.3) is 0 Å². The summed E-state index contributed by atoms with van der Waals surface area (Å²) in [6.07, 6.45) is 0.828. The summed E-state index contributed by atoms with van der Waals surface area (Å²) in [4.78, 5) is 0. The third-order valence-corrected chi connectivity index (χ3v) is 2.82. The van der Waals surface area contributed by atoms with Gasteiger partial charge in [0.15, 0.2) is 17.4 Å². The van der Waals surface area contributed by atoms with E-state index in [1.807, 2.05) is 13.0 Å². The van der Waals surface area contributed by atoms with Gasteiger partial charge in [0.1, 0.15) is 5.75 Å². The summed E-state index contributed by atoms with van der Waals surface area (Å²) >= 11 is 0. The lowest BCUT2D eigenvalue weighted by Crippen LogP contribution is -2.00. The summed E-state index contributed by atoms with van der Waals surface area (Å²) in [7, 11) is 0. The highest BCUT2D eigenvalue weighted by Crippen LogP contribution is 2.29. The molecule has 4 heteroatoms. The molecule has 0 aliphatic carbocycles. The van der Waals surface area contributed by atoms with E-state index in [0.717, 1.165) is 12.0 Å². The second kappa shape index (κ2) is 5.80. The molecule has 0 amide bonds. The lowest BCUT2D eigenvalue weighted by atomic mass is 10.1. The predicted octanol–water partition coefficient (Wildman–Crippen LogP) is 3.78. The average molecular weight is 263 g/mol. The molecule has 0 saturated heterocycles. The maximum atomic E-state index is 13.7. The van der Waals surface area contributed by atoms with Gasteiger partial charge < -0.3 is 10.5 Å². The monoisotopic (exact) mass is 263 g/mol. The summed E-state index contributed by atoms with van der Waals surface area (Å²) in [6, 6.07) is 9.50. The second-order valence-corrected chi connectivity index (χ2v) is 4.20. The van der Waals surface area contributed by atoms with Crippen molar-refractivity contribution in [1.29, 1.82) is 0 Å². The zero-order valence-corrected chi connectivity index (χ0v) is 10.6. The van der Waals surface area contributed by atoms with Crippen LogP contribution in [-0.2, 0) is 13.0 Å². The SMILES string of the molecule is CCc1cccc(Oc2c(F)cc(CN)cc2F)c1. The fourth-order valence-electron chi connectivity index (χ4n) is 1.77. The van der Waals surface area contributed by atoms with Crippen LogP contribution in [0.15, 0.2) is 36.4 Å². The van der Waals surface area contributed by atoms with Crippen molar-refractivity contribution < 1.29 is 13.5 Å². The van der Waals surface area contributed by atoms with Crippen molar-refractivity contribution >= 4 is 0 Å². The smallest absolute Gasteiger partial charge is 0.198 e. The fraction of sp³-hybridized carbons (Fsp3) is 0.200. The van der Waals surface area contributed by atoms with E-state index in [0.29, 0.717) is 11.3 Å². The molecule has 0 aliphatic heterocycles. The van der Waals surface area contributed by atoms with Gasteiger partial charge in [-0.1, -0.05) is 19.1 Å². The largest absolute Gasteiger partial charge is 0.451 e. The van der Waals surface area contributed by atoms with Gasteiger partial charge in [-0.15, -0.1) is 0 Å². The van der Waals surface area contributed by atoms with Gasteiger partial charge in [0.2, 0.25) is 0 Å². The lowest BCUT2D eigenvalue weighted by molar-refractivity contribution is 0.406. The van der Waals surface area contributed by atoms with Crippen LogP contribution >= 0.6 is 0 Å². The first kappa shape index (κ1) is 13.5. The first-order valence-electron chi connectivity index (χ1n) is 6.08. The molecule has 0 fully saturated rings. The van der Waals surface area contributed by atoms with Gasteiger partial charge in [0.05, 0.1) is 0 Å². The number of nitrogens with two attached hydrogens (primary N) is 1.